The molecule has 4 heteroatoms. The van der Waals surface area contributed by atoms with Gasteiger partial charge in [-0.25, -0.2) is 0 Å². The Hall–Kier alpha value is -1.81. The lowest BCUT2D eigenvalue weighted by atomic mass is 9.99. The molecular formula is C15H17NO3. The van der Waals surface area contributed by atoms with Gasteiger partial charge in [0, 0.05) is 19.3 Å². The molecule has 0 amide bonds. The summed E-state index contributed by atoms with van der Waals surface area (Å²) >= 11 is 0. The fourth-order valence-electron chi connectivity index (χ4n) is 2.36. The van der Waals surface area contributed by atoms with Crippen molar-refractivity contribution in [2.45, 2.75) is 6.92 Å². The van der Waals surface area contributed by atoms with Crippen molar-refractivity contribution in [2.75, 3.05) is 32.9 Å². The molecule has 0 N–H and O–H groups in total. The zero-order valence-corrected chi connectivity index (χ0v) is 11.0. The van der Waals surface area contributed by atoms with Gasteiger partial charge in [0.05, 0.1) is 24.4 Å². The number of morpholine rings is 1. The second-order valence-electron chi connectivity index (χ2n) is 4.92. The van der Waals surface area contributed by atoms with Gasteiger partial charge < -0.3 is 14.4 Å². The Morgan fingerprint density at radius 1 is 1.26 bits per heavy atom. The van der Waals surface area contributed by atoms with E-state index < -0.39 is 0 Å². The van der Waals surface area contributed by atoms with Crippen molar-refractivity contribution in [3.63, 3.8) is 0 Å². The molecule has 0 aliphatic carbocycles. The normalized spacial score (nSPS) is 21.2. The second-order valence-corrected chi connectivity index (χ2v) is 4.92. The molecule has 0 atom stereocenters. The summed E-state index contributed by atoms with van der Waals surface area (Å²) in [5.41, 5.74) is 2.47. The Labute approximate surface area is 112 Å². The molecule has 0 spiro atoms. The van der Waals surface area contributed by atoms with E-state index in [9.17, 15) is 4.79 Å². The number of hydrogen-bond donors (Lipinski definition) is 0. The van der Waals surface area contributed by atoms with Gasteiger partial charge in [-0.1, -0.05) is 11.6 Å². The second kappa shape index (κ2) is 5.05. The van der Waals surface area contributed by atoms with E-state index in [2.05, 4.69) is 4.90 Å². The number of carbonyl (C=O) groups is 1. The van der Waals surface area contributed by atoms with Crippen LogP contribution in [-0.4, -0.2) is 43.6 Å². The predicted octanol–water partition coefficient (Wildman–Crippen LogP) is 1.79. The summed E-state index contributed by atoms with van der Waals surface area (Å²) in [4.78, 5) is 14.6. The number of ketones is 1. The molecule has 0 aromatic heterocycles. The van der Waals surface area contributed by atoms with E-state index in [1.165, 1.54) is 0 Å². The summed E-state index contributed by atoms with van der Waals surface area (Å²) in [6, 6.07) is 5.72. The summed E-state index contributed by atoms with van der Waals surface area (Å²) in [7, 11) is 0. The highest BCUT2D eigenvalue weighted by atomic mass is 16.5. The Morgan fingerprint density at radius 3 is 2.84 bits per heavy atom. The van der Waals surface area contributed by atoms with Gasteiger partial charge in [-0.05, 0) is 19.1 Å². The average Bonchev–Trinajstić information content (AvgIpc) is 2.44. The number of aryl methyl sites for hydroxylation is 1. The Balaban J connectivity index is 1.86. The smallest absolute Gasteiger partial charge is 0.197 e. The third-order valence-electron chi connectivity index (χ3n) is 3.44. The van der Waals surface area contributed by atoms with Gasteiger partial charge >= 0.3 is 0 Å². The minimum absolute atomic E-state index is 0.0800. The number of hydrogen-bond acceptors (Lipinski definition) is 4. The van der Waals surface area contributed by atoms with Crippen molar-refractivity contribution >= 4 is 5.78 Å². The van der Waals surface area contributed by atoms with Crippen LogP contribution in [0.4, 0.5) is 0 Å². The number of carbonyl (C=O) groups excluding carboxylic acids is 1. The third kappa shape index (κ3) is 2.49. The van der Waals surface area contributed by atoms with E-state index >= 15 is 0 Å². The molecule has 0 unspecified atom stereocenters. The molecule has 2 aliphatic rings. The van der Waals surface area contributed by atoms with Gasteiger partial charge in [0.25, 0.3) is 0 Å². The van der Waals surface area contributed by atoms with Gasteiger partial charge in [-0.3, -0.25) is 4.79 Å². The Kier molecular flexibility index (Phi) is 3.25. The SMILES string of the molecule is Cc1ccc2c(c1)C(=O)/C(=C/N1CCOCC1)CO2. The summed E-state index contributed by atoms with van der Waals surface area (Å²) in [6.45, 7) is 5.43. The van der Waals surface area contributed by atoms with Gasteiger partial charge in [0.1, 0.15) is 12.4 Å². The van der Waals surface area contributed by atoms with E-state index in [-0.39, 0.29) is 5.78 Å². The van der Waals surface area contributed by atoms with E-state index in [1.807, 2.05) is 31.3 Å². The highest BCUT2D eigenvalue weighted by Crippen LogP contribution is 2.28. The fourth-order valence-corrected chi connectivity index (χ4v) is 2.36. The maximum Gasteiger partial charge on any atom is 0.197 e. The summed E-state index contributed by atoms with van der Waals surface area (Å²) < 4.78 is 11.0. The quantitative estimate of drug-likeness (QED) is 0.721. The van der Waals surface area contributed by atoms with Crippen molar-refractivity contribution < 1.29 is 14.3 Å². The maximum atomic E-state index is 12.4. The minimum atomic E-state index is 0.0800. The van der Waals surface area contributed by atoms with Crippen LogP contribution in [0.3, 0.4) is 0 Å². The Bertz CT molecular complexity index is 530. The monoisotopic (exact) mass is 259 g/mol. The first-order valence-electron chi connectivity index (χ1n) is 6.55. The molecule has 2 aliphatic heterocycles. The van der Waals surface area contributed by atoms with Crippen LogP contribution in [0.2, 0.25) is 0 Å². The maximum absolute atomic E-state index is 12.4. The molecule has 1 saturated heterocycles. The first kappa shape index (κ1) is 12.2. The molecule has 100 valence electrons. The first-order chi connectivity index (χ1) is 9.24. The van der Waals surface area contributed by atoms with Crippen molar-refractivity contribution in [3.8, 4) is 5.75 Å². The number of ether oxygens (including phenoxy) is 2. The molecule has 3 rings (SSSR count). The number of nitrogens with zero attached hydrogens (tertiary/aromatic N) is 1. The molecule has 0 saturated carbocycles. The van der Waals surface area contributed by atoms with Crippen LogP contribution < -0.4 is 4.74 Å². The summed E-state index contributed by atoms with van der Waals surface area (Å²) in [5, 5.41) is 0. The lowest BCUT2D eigenvalue weighted by Gasteiger charge is -2.27. The summed E-state index contributed by atoms with van der Waals surface area (Å²) in [5.74, 6) is 0.770. The van der Waals surface area contributed by atoms with Crippen molar-refractivity contribution in [1.82, 2.24) is 4.90 Å². The molecule has 2 heterocycles. The van der Waals surface area contributed by atoms with Crippen LogP contribution in [0.5, 0.6) is 5.75 Å². The zero-order valence-electron chi connectivity index (χ0n) is 11.0. The van der Waals surface area contributed by atoms with Crippen LogP contribution in [0.25, 0.3) is 0 Å². The standard InChI is InChI=1S/C15H17NO3/c1-11-2-3-14-13(8-11)15(17)12(10-19-14)9-16-4-6-18-7-5-16/h2-3,8-9H,4-7,10H2,1H3/b12-9+. The van der Waals surface area contributed by atoms with E-state index in [4.69, 9.17) is 9.47 Å². The van der Waals surface area contributed by atoms with E-state index in [1.54, 1.807) is 0 Å². The van der Waals surface area contributed by atoms with Crippen molar-refractivity contribution in [1.29, 1.82) is 0 Å². The van der Waals surface area contributed by atoms with Crippen molar-refractivity contribution in [2.24, 2.45) is 0 Å². The Morgan fingerprint density at radius 2 is 2.05 bits per heavy atom. The molecule has 0 bridgehead atoms. The van der Waals surface area contributed by atoms with Gasteiger partial charge in [-0.2, -0.15) is 0 Å². The number of Topliss-reactive ketones (excluding diaryl/α,β-unsaturated/α-hetero) is 1. The molecule has 1 aromatic rings. The van der Waals surface area contributed by atoms with Crippen LogP contribution in [-0.2, 0) is 4.74 Å². The average molecular weight is 259 g/mol. The summed E-state index contributed by atoms with van der Waals surface area (Å²) in [6.07, 6.45) is 1.93. The largest absolute Gasteiger partial charge is 0.488 e. The molecule has 4 nitrogen and oxygen atoms in total. The lowest BCUT2D eigenvalue weighted by Crippen LogP contribution is -2.33. The van der Waals surface area contributed by atoms with Crippen molar-refractivity contribution in [3.05, 3.63) is 41.1 Å². The highest BCUT2D eigenvalue weighted by molar-refractivity contribution is 6.11. The van der Waals surface area contributed by atoms with Crippen LogP contribution >= 0.6 is 0 Å². The van der Waals surface area contributed by atoms with Gasteiger partial charge in [0.15, 0.2) is 5.78 Å². The highest BCUT2D eigenvalue weighted by Gasteiger charge is 2.24. The predicted molar refractivity (Wildman–Crippen MR) is 71.5 cm³/mol. The zero-order chi connectivity index (χ0) is 13.2. The molecular weight excluding hydrogens is 242 g/mol. The van der Waals surface area contributed by atoms with Crippen LogP contribution in [0.15, 0.2) is 30.0 Å². The third-order valence-corrected chi connectivity index (χ3v) is 3.44. The molecule has 1 fully saturated rings. The minimum Gasteiger partial charge on any atom is -0.488 e. The first-order valence-corrected chi connectivity index (χ1v) is 6.55. The topological polar surface area (TPSA) is 38.8 Å². The molecule has 1 aromatic carbocycles. The van der Waals surface area contributed by atoms with Gasteiger partial charge in [0.2, 0.25) is 0 Å². The molecule has 19 heavy (non-hydrogen) atoms. The van der Waals surface area contributed by atoms with Crippen LogP contribution in [0.1, 0.15) is 15.9 Å². The van der Waals surface area contributed by atoms with E-state index in [0.717, 1.165) is 24.2 Å². The number of fused-ring (bicyclic) bond motifs is 1. The number of rotatable bonds is 1. The van der Waals surface area contributed by atoms with E-state index in [0.29, 0.717) is 31.1 Å². The number of benzene rings is 1. The lowest BCUT2D eigenvalue weighted by molar-refractivity contribution is 0.0583. The van der Waals surface area contributed by atoms with Crippen LogP contribution in [0, 0.1) is 6.92 Å². The van der Waals surface area contributed by atoms with Gasteiger partial charge in [-0.15, -0.1) is 0 Å². The molecule has 0 radical (unpaired) electrons. The fraction of sp³-hybridized carbons (Fsp3) is 0.400.